The highest BCUT2D eigenvalue weighted by Crippen LogP contribution is 2.01. The van der Waals surface area contributed by atoms with E-state index in [1.54, 1.807) is 0 Å². The van der Waals surface area contributed by atoms with Gasteiger partial charge >= 0.3 is 0 Å². The first-order valence-electron chi connectivity index (χ1n) is 3.01. The van der Waals surface area contributed by atoms with Gasteiger partial charge in [-0.25, -0.2) is 0 Å². The summed E-state index contributed by atoms with van der Waals surface area (Å²) in [5, 5.41) is 0. The Morgan fingerprint density at radius 3 is 2.43 bits per heavy atom. The lowest BCUT2D eigenvalue weighted by Gasteiger charge is -2.02. The van der Waals surface area contributed by atoms with E-state index in [-0.39, 0.29) is 0 Å². The minimum atomic E-state index is 0.864. The maximum atomic E-state index is 5.32. The minimum Gasteiger partial charge on any atom is -0.330 e. The summed E-state index contributed by atoms with van der Waals surface area (Å²) >= 11 is 0. The lowest BCUT2D eigenvalue weighted by atomic mass is 10.1. The van der Waals surface area contributed by atoms with Gasteiger partial charge in [0.05, 0.1) is 0 Å². The summed E-state index contributed by atoms with van der Waals surface area (Å²) in [6.45, 7) is 3.13. The molecule has 44 valence electrons. The second kappa shape index (κ2) is 4.34. The van der Waals surface area contributed by atoms with E-state index in [1.165, 1.54) is 22.7 Å². The van der Waals surface area contributed by atoms with E-state index >= 15 is 0 Å². The maximum absolute atomic E-state index is 5.32. The van der Waals surface area contributed by atoms with E-state index in [0.29, 0.717) is 0 Å². The van der Waals surface area contributed by atoms with Crippen LogP contribution in [0.15, 0.2) is 0 Å². The molecule has 0 aliphatic heterocycles. The molecule has 0 aliphatic carbocycles. The number of hydrogen-bond acceptors (Lipinski definition) is 1. The minimum absolute atomic E-state index is 0.864. The topological polar surface area (TPSA) is 26.0 Å². The van der Waals surface area contributed by atoms with Gasteiger partial charge in [-0.3, -0.25) is 0 Å². The Bertz CT molecular complexity index is 39.1. The Balaban J connectivity index is 2.83. The first-order chi connectivity index (χ1) is 3.31. The lowest BCUT2D eigenvalue weighted by molar-refractivity contribution is 0.596. The van der Waals surface area contributed by atoms with Gasteiger partial charge in [0.15, 0.2) is 0 Å². The number of nitrogens with two attached hydrogens (primary N) is 1. The summed E-state index contributed by atoms with van der Waals surface area (Å²) in [5.41, 5.74) is 5.32. The molecule has 7 heavy (non-hydrogen) atoms. The predicted octanol–water partition coefficient (Wildman–Crippen LogP) is -0.245. The Morgan fingerprint density at radius 1 is 1.71 bits per heavy atom. The monoisotopic (exact) mass is 117 g/mol. The van der Waals surface area contributed by atoms with Crippen molar-refractivity contribution in [2.75, 3.05) is 6.54 Å². The van der Waals surface area contributed by atoms with E-state index in [0.717, 1.165) is 12.5 Å². The molecule has 0 aromatic rings. The van der Waals surface area contributed by atoms with Gasteiger partial charge in [-0.2, -0.15) is 0 Å². The van der Waals surface area contributed by atoms with Gasteiger partial charge < -0.3 is 5.73 Å². The molecule has 0 spiro atoms. The van der Waals surface area contributed by atoms with Crippen molar-refractivity contribution >= 4 is 10.2 Å². The first kappa shape index (κ1) is 7.18. The van der Waals surface area contributed by atoms with Gasteiger partial charge in [-0.05, 0) is 18.9 Å². The number of rotatable bonds is 3. The Morgan fingerprint density at radius 2 is 2.29 bits per heavy atom. The van der Waals surface area contributed by atoms with Crippen LogP contribution in [-0.2, 0) is 0 Å². The molecule has 0 saturated heterocycles. The van der Waals surface area contributed by atoms with Crippen molar-refractivity contribution in [3.05, 3.63) is 0 Å². The van der Waals surface area contributed by atoms with Crippen molar-refractivity contribution in [1.29, 1.82) is 0 Å². The molecule has 2 N–H and O–H groups in total. The van der Waals surface area contributed by atoms with Crippen molar-refractivity contribution in [2.45, 2.75) is 19.4 Å². The van der Waals surface area contributed by atoms with E-state index in [9.17, 15) is 0 Å². The zero-order valence-electron chi connectivity index (χ0n) is 5.28. The van der Waals surface area contributed by atoms with Crippen LogP contribution in [0.5, 0.6) is 0 Å². The Labute approximate surface area is 48.7 Å². The number of hydrogen-bond donors (Lipinski definition) is 1. The van der Waals surface area contributed by atoms with Crippen LogP contribution in [0.25, 0.3) is 0 Å². The molecule has 0 aliphatic rings. The molecule has 0 aromatic heterocycles. The summed E-state index contributed by atoms with van der Waals surface area (Å²) in [4.78, 5) is 0. The van der Waals surface area contributed by atoms with Crippen LogP contribution in [0.2, 0.25) is 6.04 Å². The van der Waals surface area contributed by atoms with Gasteiger partial charge in [0.25, 0.3) is 0 Å². The van der Waals surface area contributed by atoms with E-state index < -0.39 is 0 Å². The van der Waals surface area contributed by atoms with Crippen LogP contribution in [0.4, 0.5) is 0 Å². The summed E-state index contributed by atoms with van der Waals surface area (Å²) in [6, 6.07) is 1.40. The third-order valence-corrected chi connectivity index (χ3v) is 2.75. The molecule has 0 bridgehead atoms. The molecule has 2 heteroatoms. The van der Waals surface area contributed by atoms with Crippen LogP contribution < -0.4 is 5.73 Å². The van der Waals surface area contributed by atoms with Crippen molar-refractivity contribution in [3.63, 3.8) is 0 Å². The Hall–Kier alpha value is 0.177. The lowest BCUT2D eigenvalue weighted by Crippen LogP contribution is -2.04. The summed E-state index contributed by atoms with van der Waals surface area (Å²) in [5.74, 6) is 0.886. The molecule has 0 fully saturated rings. The summed E-state index contributed by atoms with van der Waals surface area (Å²) < 4.78 is 0. The predicted molar refractivity (Wildman–Crippen MR) is 37.6 cm³/mol. The zero-order valence-corrected chi connectivity index (χ0v) is 7.28. The average Bonchev–Trinajstić information content (AvgIpc) is 1.68. The van der Waals surface area contributed by atoms with Gasteiger partial charge in [0.1, 0.15) is 0 Å². The van der Waals surface area contributed by atoms with Crippen LogP contribution in [0.1, 0.15) is 13.3 Å². The highest BCUT2D eigenvalue weighted by atomic mass is 28.1. The molecule has 0 saturated carbocycles. The van der Waals surface area contributed by atoms with Gasteiger partial charge in [-0.15, -0.1) is 0 Å². The van der Waals surface area contributed by atoms with E-state index in [2.05, 4.69) is 6.92 Å². The average molecular weight is 117 g/mol. The third kappa shape index (κ3) is 4.02. The van der Waals surface area contributed by atoms with Crippen LogP contribution in [0.3, 0.4) is 0 Å². The summed E-state index contributed by atoms with van der Waals surface area (Å²) in [6.07, 6.45) is 1.21. The maximum Gasteiger partial charge on any atom is 0.00313 e. The van der Waals surface area contributed by atoms with Gasteiger partial charge in [0.2, 0.25) is 0 Å². The largest absolute Gasteiger partial charge is 0.330 e. The van der Waals surface area contributed by atoms with Crippen molar-refractivity contribution < 1.29 is 0 Å². The smallest absolute Gasteiger partial charge is 0.00313 e. The van der Waals surface area contributed by atoms with Crippen LogP contribution >= 0.6 is 0 Å². The van der Waals surface area contributed by atoms with Crippen molar-refractivity contribution in [2.24, 2.45) is 11.7 Å². The molecule has 0 radical (unpaired) electrons. The SMILES string of the molecule is CC(C[SiH3])CCN. The van der Waals surface area contributed by atoms with Crippen molar-refractivity contribution in [1.82, 2.24) is 0 Å². The second-order valence-corrected chi connectivity index (χ2v) is 2.91. The molecule has 0 heterocycles. The zero-order chi connectivity index (χ0) is 5.70. The highest BCUT2D eigenvalue weighted by Gasteiger charge is 1.92. The van der Waals surface area contributed by atoms with Crippen molar-refractivity contribution in [3.8, 4) is 0 Å². The normalized spacial score (nSPS) is 14.6. The quantitative estimate of drug-likeness (QED) is 0.507. The molecule has 1 unspecified atom stereocenters. The third-order valence-electron chi connectivity index (χ3n) is 1.36. The molecular weight excluding hydrogens is 102 g/mol. The van der Waals surface area contributed by atoms with Crippen LogP contribution in [-0.4, -0.2) is 16.8 Å². The van der Waals surface area contributed by atoms with E-state index in [4.69, 9.17) is 5.73 Å². The molecule has 0 amide bonds. The van der Waals surface area contributed by atoms with Gasteiger partial charge in [-0.1, -0.05) is 13.0 Å². The molecule has 0 aromatic carbocycles. The fourth-order valence-electron chi connectivity index (χ4n) is 0.489. The fourth-order valence-corrected chi connectivity index (χ4v) is 0.897. The molecule has 0 rings (SSSR count). The Kier molecular flexibility index (Phi) is 4.45. The molecule has 1 nitrogen and oxygen atoms in total. The standard InChI is InChI=1S/C5H15NSi/c1-5(4-7)2-3-6/h5H,2-4,6H2,1,7H3. The van der Waals surface area contributed by atoms with E-state index in [1.807, 2.05) is 0 Å². The molecular formula is C5H15NSi. The molecule has 1 atom stereocenters. The first-order valence-corrected chi connectivity index (χ1v) is 4.42. The highest BCUT2D eigenvalue weighted by molar-refractivity contribution is 6.08. The van der Waals surface area contributed by atoms with Gasteiger partial charge in [0, 0.05) is 10.2 Å². The fraction of sp³-hybridized carbons (Fsp3) is 1.00. The second-order valence-electron chi connectivity index (χ2n) is 2.09. The van der Waals surface area contributed by atoms with Crippen LogP contribution in [0, 0.1) is 5.92 Å². The summed E-state index contributed by atoms with van der Waals surface area (Å²) in [7, 11) is 1.33.